The number of nitrogens with one attached hydrogen (secondary N) is 1. The lowest BCUT2D eigenvalue weighted by Crippen LogP contribution is -2.19. The molecule has 0 saturated heterocycles. The fourth-order valence-corrected chi connectivity index (χ4v) is 2.00. The summed E-state index contributed by atoms with van der Waals surface area (Å²) in [5.74, 6) is 0.606. The zero-order chi connectivity index (χ0) is 16.9. The van der Waals surface area contributed by atoms with E-state index in [-0.39, 0.29) is 12.5 Å². The van der Waals surface area contributed by atoms with Crippen molar-refractivity contribution < 1.29 is 9.53 Å². The van der Waals surface area contributed by atoms with Crippen molar-refractivity contribution in [2.75, 3.05) is 12.4 Å². The van der Waals surface area contributed by atoms with E-state index in [0.717, 1.165) is 5.56 Å². The fraction of sp³-hybridized carbons (Fsp3) is 0.286. The van der Waals surface area contributed by atoms with Gasteiger partial charge in [0.15, 0.2) is 5.82 Å². The predicted octanol–water partition coefficient (Wildman–Crippen LogP) is 0.599. The van der Waals surface area contributed by atoms with Crippen LogP contribution in [-0.2, 0) is 17.9 Å². The molecule has 0 aliphatic heterocycles. The number of methoxy groups -OCH3 is 1. The molecule has 124 valence electrons. The first-order chi connectivity index (χ1) is 11.7. The van der Waals surface area contributed by atoms with Crippen molar-refractivity contribution in [2.45, 2.75) is 20.0 Å². The normalized spacial score (nSPS) is 10.6. The number of aromatic nitrogens is 7. The third-order valence-electron chi connectivity index (χ3n) is 3.21. The minimum absolute atomic E-state index is 0.0581. The molecule has 1 N–H and O–H groups in total. The summed E-state index contributed by atoms with van der Waals surface area (Å²) in [4.78, 5) is 12.0. The Hall–Kier alpha value is -3.30. The second-order valence-electron chi connectivity index (χ2n) is 4.90. The highest BCUT2D eigenvalue weighted by Crippen LogP contribution is 2.16. The van der Waals surface area contributed by atoms with Crippen molar-refractivity contribution in [1.29, 1.82) is 0 Å². The molecule has 0 bridgehead atoms. The number of hydrogen-bond acceptors (Lipinski definition) is 7. The van der Waals surface area contributed by atoms with Crippen LogP contribution in [-0.4, -0.2) is 48.0 Å². The van der Waals surface area contributed by atoms with Gasteiger partial charge >= 0.3 is 0 Å². The first kappa shape index (κ1) is 15.6. The Morgan fingerprint density at radius 2 is 2.08 bits per heavy atom. The molecule has 0 radical (unpaired) electrons. The van der Waals surface area contributed by atoms with Gasteiger partial charge in [0.05, 0.1) is 25.2 Å². The number of rotatable bonds is 6. The quantitative estimate of drug-likeness (QED) is 0.705. The van der Waals surface area contributed by atoms with Crippen LogP contribution in [0.25, 0.3) is 11.3 Å². The van der Waals surface area contributed by atoms with Crippen LogP contribution in [0.1, 0.15) is 6.92 Å². The van der Waals surface area contributed by atoms with Crippen molar-refractivity contribution in [3.8, 4) is 17.1 Å². The van der Waals surface area contributed by atoms with E-state index in [1.165, 1.54) is 11.8 Å². The van der Waals surface area contributed by atoms with Crippen molar-refractivity contribution in [3.63, 3.8) is 0 Å². The largest absolute Gasteiger partial charge is 0.480 e. The highest BCUT2D eigenvalue weighted by atomic mass is 16.5. The van der Waals surface area contributed by atoms with E-state index >= 15 is 0 Å². The molecule has 3 aromatic heterocycles. The van der Waals surface area contributed by atoms with E-state index in [1.54, 1.807) is 35.4 Å². The summed E-state index contributed by atoms with van der Waals surface area (Å²) in [6.45, 7) is 2.68. The van der Waals surface area contributed by atoms with Gasteiger partial charge in [0.2, 0.25) is 11.8 Å². The number of aryl methyl sites for hydroxylation is 1. The van der Waals surface area contributed by atoms with Crippen molar-refractivity contribution in [1.82, 2.24) is 35.0 Å². The average molecular weight is 328 g/mol. The van der Waals surface area contributed by atoms with Gasteiger partial charge in [-0.15, -0.1) is 15.3 Å². The molecule has 0 aliphatic rings. The van der Waals surface area contributed by atoms with Crippen LogP contribution in [0.5, 0.6) is 5.88 Å². The second-order valence-corrected chi connectivity index (χ2v) is 4.90. The van der Waals surface area contributed by atoms with Gasteiger partial charge < -0.3 is 10.1 Å². The Bertz CT molecular complexity index is 823. The topological polar surface area (TPSA) is 113 Å². The van der Waals surface area contributed by atoms with Crippen LogP contribution >= 0.6 is 0 Å². The Balaban J connectivity index is 1.63. The molecule has 0 aromatic carbocycles. The summed E-state index contributed by atoms with van der Waals surface area (Å²) < 4.78 is 8.11. The predicted molar refractivity (Wildman–Crippen MR) is 84.1 cm³/mol. The molecular formula is C14H16N8O2. The van der Waals surface area contributed by atoms with E-state index in [1.807, 2.05) is 6.92 Å². The summed E-state index contributed by atoms with van der Waals surface area (Å²) in [5, 5.41) is 22.5. The molecule has 0 fully saturated rings. The molecule has 0 saturated carbocycles. The Morgan fingerprint density at radius 1 is 1.21 bits per heavy atom. The van der Waals surface area contributed by atoms with Gasteiger partial charge in [-0.25, -0.2) is 0 Å². The minimum atomic E-state index is -0.242. The Morgan fingerprint density at radius 3 is 2.75 bits per heavy atom. The molecule has 0 atom stereocenters. The molecule has 10 nitrogen and oxygen atoms in total. The maximum atomic E-state index is 12.0. The van der Waals surface area contributed by atoms with E-state index in [2.05, 4.69) is 30.9 Å². The SMILES string of the molecule is CCn1cc(NC(=O)Cn2cc(-c3ccc(OC)nn3)cn2)nn1. The molecule has 0 aliphatic carbocycles. The average Bonchev–Trinajstić information content (AvgIpc) is 3.24. The highest BCUT2D eigenvalue weighted by molar-refractivity contribution is 5.89. The number of ether oxygens (including phenoxy) is 1. The van der Waals surface area contributed by atoms with Gasteiger partial charge in [-0.2, -0.15) is 5.10 Å². The van der Waals surface area contributed by atoms with Crippen LogP contribution in [0, 0.1) is 0 Å². The van der Waals surface area contributed by atoms with Crippen LogP contribution in [0.2, 0.25) is 0 Å². The van der Waals surface area contributed by atoms with Crippen molar-refractivity contribution in [2.24, 2.45) is 0 Å². The molecule has 0 unspecified atom stereocenters. The highest BCUT2D eigenvalue weighted by Gasteiger charge is 2.09. The molecule has 24 heavy (non-hydrogen) atoms. The van der Waals surface area contributed by atoms with Crippen molar-refractivity contribution >= 4 is 11.7 Å². The van der Waals surface area contributed by atoms with E-state index in [9.17, 15) is 4.79 Å². The van der Waals surface area contributed by atoms with Gasteiger partial charge in [0.1, 0.15) is 6.54 Å². The molecule has 3 aromatic rings. The summed E-state index contributed by atoms with van der Waals surface area (Å²) in [5.41, 5.74) is 1.41. The maximum absolute atomic E-state index is 12.0. The number of carbonyl (C=O) groups is 1. The van der Waals surface area contributed by atoms with Gasteiger partial charge in [-0.3, -0.25) is 14.2 Å². The monoisotopic (exact) mass is 328 g/mol. The fourth-order valence-electron chi connectivity index (χ4n) is 2.00. The minimum Gasteiger partial charge on any atom is -0.480 e. The lowest BCUT2D eigenvalue weighted by Gasteiger charge is -2.01. The maximum Gasteiger partial charge on any atom is 0.247 e. The van der Waals surface area contributed by atoms with Gasteiger partial charge in [-0.05, 0) is 13.0 Å². The lowest BCUT2D eigenvalue weighted by atomic mass is 10.2. The van der Waals surface area contributed by atoms with E-state index in [0.29, 0.717) is 23.9 Å². The Kier molecular flexibility index (Phi) is 4.45. The third-order valence-corrected chi connectivity index (χ3v) is 3.21. The first-order valence-corrected chi connectivity index (χ1v) is 7.28. The molecule has 10 heteroatoms. The molecule has 0 spiro atoms. The number of anilines is 1. The number of nitrogens with zero attached hydrogens (tertiary/aromatic N) is 7. The van der Waals surface area contributed by atoms with E-state index in [4.69, 9.17) is 4.74 Å². The standard InChI is InChI=1S/C14H16N8O2/c1-3-21-8-12(18-20-21)16-13(23)9-22-7-10(6-15-22)11-4-5-14(24-2)19-17-11/h4-8H,3,9H2,1-2H3,(H,16,23). The van der Waals surface area contributed by atoms with Crippen molar-refractivity contribution in [3.05, 3.63) is 30.7 Å². The van der Waals surface area contributed by atoms with Crippen LogP contribution in [0.4, 0.5) is 5.82 Å². The second kappa shape index (κ2) is 6.86. The van der Waals surface area contributed by atoms with Gasteiger partial charge in [-0.1, -0.05) is 5.21 Å². The number of carbonyl (C=O) groups excluding carboxylic acids is 1. The van der Waals surface area contributed by atoms with Gasteiger partial charge in [0, 0.05) is 24.4 Å². The smallest absolute Gasteiger partial charge is 0.247 e. The lowest BCUT2D eigenvalue weighted by molar-refractivity contribution is -0.116. The Labute approximate surface area is 137 Å². The molecular weight excluding hydrogens is 312 g/mol. The molecule has 3 heterocycles. The zero-order valence-electron chi connectivity index (χ0n) is 13.2. The van der Waals surface area contributed by atoms with Crippen LogP contribution < -0.4 is 10.1 Å². The number of amides is 1. The summed E-state index contributed by atoms with van der Waals surface area (Å²) in [6, 6.07) is 3.49. The van der Waals surface area contributed by atoms with Crippen LogP contribution in [0.3, 0.4) is 0 Å². The molecule has 3 rings (SSSR count). The van der Waals surface area contributed by atoms with Crippen LogP contribution in [0.15, 0.2) is 30.7 Å². The number of hydrogen-bond donors (Lipinski definition) is 1. The summed E-state index contributed by atoms with van der Waals surface area (Å²) in [7, 11) is 1.53. The van der Waals surface area contributed by atoms with Gasteiger partial charge in [0.25, 0.3) is 0 Å². The molecule has 1 amide bonds. The van der Waals surface area contributed by atoms with E-state index < -0.39 is 0 Å². The first-order valence-electron chi connectivity index (χ1n) is 7.28. The third kappa shape index (κ3) is 3.54. The summed E-state index contributed by atoms with van der Waals surface area (Å²) in [6.07, 6.45) is 5.01. The summed E-state index contributed by atoms with van der Waals surface area (Å²) >= 11 is 0. The zero-order valence-corrected chi connectivity index (χ0v) is 13.2.